The summed E-state index contributed by atoms with van der Waals surface area (Å²) in [4.78, 5) is 14.4. The smallest absolute Gasteiger partial charge is 0.159 e. The van der Waals surface area contributed by atoms with Crippen molar-refractivity contribution in [3.63, 3.8) is 0 Å². The predicted molar refractivity (Wildman–Crippen MR) is 130 cm³/mol. The number of fused-ring (bicyclic) bond motifs is 1. The van der Waals surface area contributed by atoms with Gasteiger partial charge in [-0.25, -0.2) is 9.97 Å². The Labute approximate surface area is 196 Å². The van der Waals surface area contributed by atoms with Crippen LogP contribution >= 0.6 is 12.4 Å². The molecule has 32 heavy (non-hydrogen) atoms. The van der Waals surface area contributed by atoms with Gasteiger partial charge in [-0.3, -0.25) is 9.80 Å². The second kappa shape index (κ2) is 9.57. The zero-order chi connectivity index (χ0) is 21.4. The summed E-state index contributed by atoms with van der Waals surface area (Å²) in [6, 6.07) is 17.4. The molecule has 0 amide bonds. The lowest BCUT2D eigenvalue weighted by molar-refractivity contribution is 0.224. The Balaban J connectivity index is 0.00000245. The first kappa shape index (κ1) is 22.7. The third kappa shape index (κ3) is 4.38. The van der Waals surface area contributed by atoms with E-state index in [4.69, 9.17) is 4.74 Å². The summed E-state index contributed by atoms with van der Waals surface area (Å²) in [6.07, 6.45) is 3.99. The molecule has 6 heteroatoms. The molecule has 0 unspecified atom stereocenters. The average molecular weight is 451 g/mol. The largest absolute Gasteiger partial charge is 0.497 e. The Morgan fingerprint density at radius 1 is 0.969 bits per heavy atom. The van der Waals surface area contributed by atoms with Crippen LogP contribution in [0, 0.1) is 18.8 Å². The van der Waals surface area contributed by atoms with Crippen molar-refractivity contribution in [2.75, 3.05) is 33.8 Å². The van der Waals surface area contributed by atoms with E-state index in [1.165, 1.54) is 16.7 Å². The highest BCUT2D eigenvalue weighted by Crippen LogP contribution is 2.44. The molecule has 0 spiro atoms. The van der Waals surface area contributed by atoms with Gasteiger partial charge in [0, 0.05) is 55.7 Å². The van der Waals surface area contributed by atoms with E-state index in [2.05, 4.69) is 70.1 Å². The van der Waals surface area contributed by atoms with Crippen molar-refractivity contribution < 1.29 is 4.74 Å². The van der Waals surface area contributed by atoms with Crippen LogP contribution in [-0.2, 0) is 6.54 Å². The molecule has 3 atom stereocenters. The minimum absolute atomic E-state index is 0. The fourth-order valence-corrected chi connectivity index (χ4v) is 5.44. The number of rotatable bonds is 5. The second-order valence-corrected chi connectivity index (χ2v) is 9.01. The SMILES string of the molecule is COc1ccc([C@H]2[C@@H]3CN(Cc4cnc(-c5ccccc5C)nc4)C[C@@H]3CN2C)cc1.Cl. The molecular formula is C26H31ClN4O. The van der Waals surface area contributed by atoms with Crippen molar-refractivity contribution in [1.82, 2.24) is 19.8 Å². The molecule has 3 aromatic rings. The van der Waals surface area contributed by atoms with Crippen molar-refractivity contribution in [1.29, 1.82) is 0 Å². The summed E-state index contributed by atoms with van der Waals surface area (Å²) in [7, 11) is 3.98. The van der Waals surface area contributed by atoms with Crippen LogP contribution in [0.25, 0.3) is 11.4 Å². The number of halogens is 1. The Bertz CT molecular complexity index is 1040. The Morgan fingerprint density at radius 2 is 1.69 bits per heavy atom. The molecule has 1 aromatic heterocycles. The third-order valence-electron chi connectivity index (χ3n) is 6.92. The van der Waals surface area contributed by atoms with Crippen molar-refractivity contribution in [2.24, 2.45) is 11.8 Å². The van der Waals surface area contributed by atoms with Gasteiger partial charge in [-0.05, 0) is 49.1 Å². The molecule has 2 saturated heterocycles. The molecule has 5 rings (SSSR count). The summed E-state index contributed by atoms with van der Waals surface area (Å²) in [5.41, 5.74) is 4.89. The van der Waals surface area contributed by atoms with E-state index < -0.39 is 0 Å². The third-order valence-corrected chi connectivity index (χ3v) is 6.92. The number of methoxy groups -OCH3 is 1. The van der Waals surface area contributed by atoms with Gasteiger partial charge in [-0.1, -0.05) is 36.4 Å². The van der Waals surface area contributed by atoms with E-state index in [1.807, 2.05) is 24.5 Å². The summed E-state index contributed by atoms with van der Waals surface area (Å²) < 4.78 is 5.34. The van der Waals surface area contributed by atoms with Gasteiger partial charge in [0.25, 0.3) is 0 Å². The quantitative estimate of drug-likeness (QED) is 0.567. The number of aromatic nitrogens is 2. The lowest BCUT2D eigenvalue weighted by Crippen LogP contribution is -2.29. The number of aryl methyl sites for hydroxylation is 1. The zero-order valence-corrected chi connectivity index (χ0v) is 19.8. The predicted octanol–water partition coefficient (Wildman–Crippen LogP) is 4.62. The fraction of sp³-hybridized carbons (Fsp3) is 0.385. The van der Waals surface area contributed by atoms with Crippen LogP contribution in [0.1, 0.15) is 22.7 Å². The molecule has 3 heterocycles. The van der Waals surface area contributed by atoms with Gasteiger partial charge in [-0.15, -0.1) is 12.4 Å². The summed E-state index contributed by atoms with van der Waals surface area (Å²) in [5.74, 6) is 3.10. The topological polar surface area (TPSA) is 41.5 Å². The molecule has 0 bridgehead atoms. The Morgan fingerprint density at radius 3 is 2.38 bits per heavy atom. The molecule has 0 N–H and O–H groups in total. The molecule has 5 nitrogen and oxygen atoms in total. The minimum Gasteiger partial charge on any atom is -0.497 e. The first-order valence-electron chi connectivity index (χ1n) is 11.1. The first-order valence-corrected chi connectivity index (χ1v) is 11.1. The van der Waals surface area contributed by atoms with Gasteiger partial charge < -0.3 is 4.74 Å². The Kier molecular flexibility index (Phi) is 6.79. The molecule has 0 saturated carbocycles. The van der Waals surface area contributed by atoms with Gasteiger partial charge in [0.05, 0.1) is 7.11 Å². The van der Waals surface area contributed by atoms with Crippen molar-refractivity contribution in [2.45, 2.75) is 19.5 Å². The van der Waals surface area contributed by atoms with Gasteiger partial charge in [0.15, 0.2) is 5.82 Å². The summed E-state index contributed by atoms with van der Waals surface area (Å²) in [6.45, 7) is 6.43. The number of likely N-dealkylation sites (tertiary alicyclic amines) is 2. The van der Waals surface area contributed by atoms with Crippen LogP contribution in [0.15, 0.2) is 60.9 Å². The average Bonchev–Trinajstić information content (AvgIpc) is 3.30. The van der Waals surface area contributed by atoms with Crippen molar-refractivity contribution >= 4 is 12.4 Å². The fourth-order valence-electron chi connectivity index (χ4n) is 5.44. The van der Waals surface area contributed by atoms with E-state index in [0.717, 1.165) is 43.3 Å². The molecule has 2 aromatic carbocycles. The summed E-state index contributed by atoms with van der Waals surface area (Å²) in [5, 5.41) is 0. The van der Waals surface area contributed by atoms with Gasteiger partial charge in [-0.2, -0.15) is 0 Å². The monoisotopic (exact) mass is 450 g/mol. The molecule has 2 aliphatic heterocycles. The number of benzene rings is 2. The highest BCUT2D eigenvalue weighted by molar-refractivity contribution is 5.85. The molecule has 0 radical (unpaired) electrons. The first-order chi connectivity index (χ1) is 15.1. The highest BCUT2D eigenvalue weighted by atomic mass is 35.5. The molecule has 0 aliphatic carbocycles. The van der Waals surface area contributed by atoms with Crippen LogP contribution in [-0.4, -0.2) is 53.6 Å². The van der Waals surface area contributed by atoms with E-state index in [1.54, 1.807) is 7.11 Å². The van der Waals surface area contributed by atoms with Gasteiger partial charge in [0.1, 0.15) is 5.75 Å². The minimum atomic E-state index is 0. The molecule has 2 fully saturated rings. The normalized spacial score (nSPS) is 23.0. The number of nitrogens with zero attached hydrogens (tertiary/aromatic N) is 4. The van der Waals surface area contributed by atoms with Crippen molar-refractivity contribution in [3.05, 3.63) is 77.6 Å². The maximum absolute atomic E-state index is 5.34. The number of hydrogen-bond acceptors (Lipinski definition) is 5. The maximum atomic E-state index is 5.34. The summed E-state index contributed by atoms with van der Waals surface area (Å²) >= 11 is 0. The van der Waals surface area contributed by atoms with E-state index in [9.17, 15) is 0 Å². The van der Waals surface area contributed by atoms with Crippen LogP contribution in [0.4, 0.5) is 0 Å². The standard InChI is InChI=1S/C26H30N4O.ClH/c1-18-6-4-5-7-23(18)26-27-12-19(13-28-26)14-30-16-21-15-29(2)25(24(21)17-30)20-8-10-22(31-3)11-9-20;/h4-13,21,24-25H,14-17H2,1-3H3;1H/t21-,24+,25-;/m0./s1. The van der Waals surface area contributed by atoms with E-state index in [0.29, 0.717) is 17.9 Å². The van der Waals surface area contributed by atoms with E-state index >= 15 is 0 Å². The lowest BCUT2D eigenvalue weighted by atomic mass is 9.89. The number of ether oxygens (including phenoxy) is 1. The maximum Gasteiger partial charge on any atom is 0.159 e. The van der Waals surface area contributed by atoms with Gasteiger partial charge in [0.2, 0.25) is 0 Å². The van der Waals surface area contributed by atoms with Crippen LogP contribution in [0.2, 0.25) is 0 Å². The van der Waals surface area contributed by atoms with Crippen LogP contribution in [0.3, 0.4) is 0 Å². The highest BCUT2D eigenvalue weighted by Gasteiger charge is 2.45. The van der Waals surface area contributed by atoms with Crippen LogP contribution in [0.5, 0.6) is 5.75 Å². The molecule has 2 aliphatic rings. The molecule has 168 valence electrons. The Hall–Kier alpha value is -2.47. The second-order valence-electron chi connectivity index (χ2n) is 9.01. The number of hydrogen-bond donors (Lipinski definition) is 0. The van der Waals surface area contributed by atoms with Gasteiger partial charge >= 0.3 is 0 Å². The van der Waals surface area contributed by atoms with E-state index in [-0.39, 0.29) is 12.4 Å². The molecular weight excluding hydrogens is 420 g/mol. The van der Waals surface area contributed by atoms with Crippen molar-refractivity contribution in [3.8, 4) is 17.1 Å². The lowest BCUT2D eigenvalue weighted by Gasteiger charge is -2.27. The zero-order valence-electron chi connectivity index (χ0n) is 18.9. The van der Waals surface area contributed by atoms with Crippen LogP contribution < -0.4 is 4.74 Å².